The molecule has 0 radical (unpaired) electrons. The summed E-state index contributed by atoms with van der Waals surface area (Å²) in [5.41, 5.74) is 3.66. The number of rotatable bonds is 8. The lowest BCUT2D eigenvalue weighted by atomic mass is 10.2. The quantitative estimate of drug-likeness (QED) is 0.433. The first-order valence-electron chi connectivity index (χ1n) is 8.60. The van der Waals surface area contributed by atoms with Gasteiger partial charge in [-0.1, -0.05) is 70.6 Å². The predicted molar refractivity (Wildman–Crippen MR) is 111 cm³/mol. The standard InChI is InChI=1S/C20H21N3O2S2/c1-14-3-7-16(8-4-14)13-26-20-23-22-19(27-20)21-18(24)11-12-25-17-9-5-15(2)6-10-17/h3-10H,11-13H2,1-2H3,(H,21,22,24). The van der Waals surface area contributed by atoms with Crippen molar-refractivity contribution in [3.8, 4) is 5.75 Å². The summed E-state index contributed by atoms with van der Waals surface area (Å²) in [6, 6.07) is 16.2. The largest absolute Gasteiger partial charge is 0.493 e. The van der Waals surface area contributed by atoms with Crippen LogP contribution in [0.3, 0.4) is 0 Å². The fourth-order valence-electron chi connectivity index (χ4n) is 2.23. The topological polar surface area (TPSA) is 64.1 Å². The fourth-order valence-corrected chi connectivity index (χ4v) is 3.95. The minimum Gasteiger partial charge on any atom is -0.493 e. The monoisotopic (exact) mass is 399 g/mol. The summed E-state index contributed by atoms with van der Waals surface area (Å²) in [4.78, 5) is 12.0. The number of amides is 1. The van der Waals surface area contributed by atoms with Crippen LogP contribution in [0.4, 0.5) is 5.13 Å². The van der Waals surface area contributed by atoms with Crippen molar-refractivity contribution in [2.45, 2.75) is 30.4 Å². The number of nitrogens with one attached hydrogen (secondary N) is 1. The van der Waals surface area contributed by atoms with Gasteiger partial charge in [-0.3, -0.25) is 4.79 Å². The van der Waals surface area contributed by atoms with Crippen LogP contribution in [-0.2, 0) is 10.5 Å². The van der Waals surface area contributed by atoms with E-state index in [9.17, 15) is 4.79 Å². The minimum absolute atomic E-state index is 0.131. The van der Waals surface area contributed by atoms with Gasteiger partial charge in [0.05, 0.1) is 13.0 Å². The van der Waals surface area contributed by atoms with Gasteiger partial charge in [0.1, 0.15) is 5.75 Å². The summed E-state index contributed by atoms with van der Waals surface area (Å²) < 4.78 is 6.41. The van der Waals surface area contributed by atoms with E-state index in [-0.39, 0.29) is 12.3 Å². The van der Waals surface area contributed by atoms with E-state index < -0.39 is 0 Å². The first-order chi connectivity index (χ1) is 13.1. The number of thioether (sulfide) groups is 1. The van der Waals surface area contributed by atoms with E-state index in [2.05, 4.69) is 46.7 Å². The summed E-state index contributed by atoms with van der Waals surface area (Å²) >= 11 is 3.00. The molecule has 1 N–H and O–H groups in total. The molecular weight excluding hydrogens is 378 g/mol. The van der Waals surface area contributed by atoms with E-state index in [1.807, 2.05) is 31.2 Å². The molecule has 1 heterocycles. The Labute approximate surface area is 167 Å². The summed E-state index contributed by atoms with van der Waals surface area (Å²) in [7, 11) is 0. The maximum absolute atomic E-state index is 12.0. The van der Waals surface area contributed by atoms with Crippen LogP contribution in [0.2, 0.25) is 0 Å². The normalized spacial score (nSPS) is 10.6. The molecule has 5 nitrogen and oxygen atoms in total. The first-order valence-corrected chi connectivity index (χ1v) is 10.4. The average molecular weight is 400 g/mol. The number of nitrogens with zero attached hydrogens (tertiary/aromatic N) is 2. The molecule has 27 heavy (non-hydrogen) atoms. The number of hydrogen-bond acceptors (Lipinski definition) is 6. The van der Waals surface area contributed by atoms with Crippen molar-refractivity contribution in [2.75, 3.05) is 11.9 Å². The summed E-state index contributed by atoms with van der Waals surface area (Å²) in [5.74, 6) is 1.46. The minimum atomic E-state index is -0.131. The van der Waals surface area contributed by atoms with Crippen molar-refractivity contribution in [3.05, 3.63) is 65.2 Å². The van der Waals surface area contributed by atoms with E-state index in [1.165, 1.54) is 28.0 Å². The third-order valence-corrected chi connectivity index (χ3v) is 5.80. The van der Waals surface area contributed by atoms with Gasteiger partial charge in [0.2, 0.25) is 11.0 Å². The van der Waals surface area contributed by atoms with Crippen molar-refractivity contribution >= 4 is 34.1 Å². The zero-order valence-corrected chi connectivity index (χ0v) is 16.9. The number of ether oxygens (including phenoxy) is 1. The van der Waals surface area contributed by atoms with Crippen LogP contribution < -0.4 is 10.1 Å². The number of carbonyl (C=O) groups excluding carboxylic acids is 1. The highest BCUT2D eigenvalue weighted by Crippen LogP contribution is 2.28. The Kier molecular flexibility index (Phi) is 6.84. The van der Waals surface area contributed by atoms with Crippen LogP contribution in [0, 0.1) is 13.8 Å². The van der Waals surface area contributed by atoms with E-state index in [0.29, 0.717) is 11.7 Å². The van der Waals surface area contributed by atoms with Gasteiger partial charge in [-0.05, 0) is 31.5 Å². The van der Waals surface area contributed by atoms with Crippen LogP contribution in [0.25, 0.3) is 0 Å². The van der Waals surface area contributed by atoms with Crippen LogP contribution in [0.5, 0.6) is 5.75 Å². The number of aromatic nitrogens is 2. The van der Waals surface area contributed by atoms with Gasteiger partial charge in [0.25, 0.3) is 0 Å². The molecule has 0 bridgehead atoms. The highest BCUT2D eigenvalue weighted by molar-refractivity contribution is 8.00. The molecular formula is C20H21N3O2S2. The molecule has 3 aromatic rings. The number of hydrogen-bond donors (Lipinski definition) is 1. The van der Waals surface area contributed by atoms with Gasteiger partial charge >= 0.3 is 0 Å². The molecule has 7 heteroatoms. The summed E-state index contributed by atoms with van der Waals surface area (Å²) in [6.07, 6.45) is 0.263. The van der Waals surface area contributed by atoms with E-state index in [4.69, 9.17) is 4.74 Å². The second-order valence-corrected chi connectivity index (χ2v) is 8.31. The zero-order chi connectivity index (χ0) is 19.1. The zero-order valence-electron chi connectivity index (χ0n) is 15.3. The van der Waals surface area contributed by atoms with Gasteiger partial charge in [0, 0.05) is 5.75 Å². The molecule has 3 rings (SSSR count). The maximum atomic E-state index is 12.0. The Morgan fingerprint density at radius 2 is 1.70 bits per heavy atom. The fraction of sp³-hybridized carbons (Fsp3) is 0.250. The van der Waals surface area contributed by atoms with Crippen molar-refractivity contribution in [1.82, 2.24) is 10.2 Å². The molecule has 2 aromatic carbocycles. The van der Waals surface area contributed by atoms with Crippen molar-refractivity contribution in [3.63, 3.8) is 0 Å². The third-order valence-electron chi connectivity index (χ3n) is 3.75. The number of benzene rings is 2. The Morgan fingerprint density at radius 1 is 1.04 bits per heavy atom. The lowest BCUT2D eigenvalue weighted by Crippen LogP contribution is -2.15. The second kappa shape index (κ2) is 9.53. The highest BCUT2D eigenvalue weighted by atomic mass is 32.2. The lowest BCUT2D eigenvalue weighted by molar-refractivity contribution is -0.116. The average Bonchev–Trinajstić information content (AvgIpc) is 3.10. The Morgan fingerprint density at radius 3 is 2.41 bits per heavy atom. The number of carbonyl (C=O) groups is 1. The van der Waals surface area contributed by atoms with Crippen LogP contribution in [-0.4, -0.2) is 22.7 Å². The van der Waals surface area contributed by atoms with Crippen LogP contribution >= 0.6 is 23.1 Å². The molecule has 0 saturated heterocycles. The Balaban J connectivity index is 1.40. The van der Waals surface area contributed by atoms with Crippen molar-refractivity contribution in [1.29, 1.82) is 0 Å². The predicted octanol–water partition coefficient (Wildman–Crippen LogP) is 4.85. The molecule has 0 saturated carbocycles. The van der Waals surface area contributed by atoms with Crippen LogP contribution in [0.15, 0.2) is 52.9 Å². The first kappa shape index (κ1) is 19.4. The highest BCUT2D eigenvalue weighted by Gasteiger charge is 2.09. The van der Waals surface area contributed by atoms with Crippen molar-refractivity contribution < 1.29 is 9.53 Å². The van der Waals surface area contributed by atoms with E-state index >= 15 is 0 Å². The molecule has 1 amide bonds. The third kappa shape index (κ3) is 6.37. The van der Waals surface area contributed by atoms with Crippen molar-refractivity contribution in [2.24, 2.45) is 0 Å². The number of anilines is 1. The molecule has 1 aromatic heterocycles. The van der Waals surface area contributed by atoms with Gasteiger partial charge in [-0.25, -0.2) is 0 Å². The second-order valence-electron chi connectivity index (χ2n) is 6.11. The van der Waals surface area contributed by atoms with Gasteiger partial charge in [-0.2, -0.15) is 0 Å². The molecule has 0 aliphatic heterocycles. The molecule has 0 atom stereocenters. The smallest absolute Gasteiger partial charge is 0.229 e. The van der Waals surface area contributed by atoms with E-state index in [1.54, 1.807) is 11.8 Å². The van der Waals surface area contributed by atoms with Crippen LogP contribution in [0.1, 0.15) is 23.1 Å². The number of aryl methyl sites for hydroxylation is 2. The maximum Gasteiger partial charge on any atom is 0.229 e. The van der Waals surface area contributed by atoms with Gasteiger partial charge in [0.15, 0.2) is 4.34 Å². The molecule has 140 valence electrons. The molecule has 0 unspecified atom stereocenters. The molecule has 0 aliphatic carbocycles. The Hall–Kier alpha value is -2.38. The van der Waals surface area contributed by atoms with Gasteiger partial charge in [-0.15, -0.1) is 10.2 Å². The molecule has 0 aliphatic rings. The molecule has 0 fully saturated rings. The van der Waals surface area contributed by atoms with E-state index in [0.717, 1.165) is 15.8 Å². The summed E-state index contributed by atoms with van der Waals surface area (Å²) in [6.45, 7) is 4.41. The lowest BCUT2D eigenvalue weighted by Gasteiger charge is -2.06. The SMILES string of the molecule is Cc1ccc(CSc2nnc(NC(=O)CCOc3ccc(C)cc3)s2)cc1. The van der Waals surface area contributed by atoms with Gasteiger partial charge < -0.3 is 10.1 Å². The Bertz CT molecular complexity index is 877. The summed E-state index contributed by atoms with van der Waals surface area (Å²) in [5, 5.41) is 11.4. The molecule has 0 spiro atoms.